The first-order valence-corrected chi connectivity index (χ1v) is 6.35. The highest BCUT2D eigenvalue weighted by Gasteiger charge is 2.13. The summed E-state index contributed by atoms with van der Waals surface area (Å²) in [5.41, 5.74) is 8.28. The molecule has 2 aromatic carbocycles. The highest BCUT2D eigenvalue weighted by atomic mass is 19.1. The van der Waals surface area contributed by atoms with Crippen LogP contribution in [0.1, 0.15) is 6.92 Å². The molecule has 4 nitrogen and oxygen atoms in total. The van der Waals surface area contributed by atoms with Crippen molar-refractivity contribution in [3.63, 3.8) is 0 Å². The number of rotatable bonds is 2. The quantitative estimate of drug-likeness (QED) is 0.556. The van der Waals surface area contributed by atoms with E-state index in [1.807, 2.05) is 11.5 Å². The summed E-state index contributed by atoms with van der Waals surface area (Å²) in [6, 6.07) is 9.49. The molecule has 0 amide bonds. The lowest BCUT2D eigenvalue weighted by molar-refractivity contribution is 0.478. The van der Waals surface area contributed by atoms with Crippen molar-refractivity contribution in [2.45, 2.75) is 13.5 Å². The van der Waals surface area contributed by atoms with Gasteiger partial charge in [-0.3, -0.25) is 0 Å². The highest BCUT2D eigenvalue weighted by Crippen LogP contribution is 2.29. The van der Waals surface area contributed by atoms with E-state index in [9.17, 15) is 9.50 Å². The van der Waals surface area contributed by atoms with Crippen LogP contribution in [0.2, 0.25) is 0 Å². The summed E-state index contributed by atoms with van der Waals surface area (Å²) in [5, 5.41) is 9.49. The Morgan fingerprint density at radius 2 is 2.05 bits per heavy atom. The van der Waals surface area contributed by atoms with Crippen LogP contribution in [0.15, 0.2) is 36.4 Å². The smallest absolute Gasteiger partial charge is 0.141 e. The molecule has 0 unspecified atom stereocenters. The summed E-state index contributed by atoms with van der Waals surface area (Å²) < 4.78 is 15.3. The molecule has 0 radical (unpaired) electrons. The lowest BCUT2D eigenvalue weighted by atomic mass is 10.2. The van der Waals surface area contributed by atoms with Gasteiger partial charge in [-0.05, 0) is 37.3 Å². The number of nitrogen functional groups attached to an aromatic ring is 1. The summed E-state index contributed by atoms with van der Waals surface area (Å²) in [5.74, 6) is 0.439. The van der Waals surface area contributed by atoms with Gasteiger partial charge < -0.3 is 15.4 Å². The van der Waals surface area contributed by atoms with Crippen molar-refractivity contribution < 1.29 is 9.50 Å². The van der Waals surface area contributed by atoms with E-state index in [1.54, 1.807) is 18.2 Å². The van der Waals surface area contributed by atoms with E-state index in [0.717, 1.165) is 11.1 Å². The number of phenols is 1. The van der Waals surface area contributed by atoms with E-state index in [0.29, 0.717) is 23.6 Å². The lowest BCUT2D eigenvalue weighted by Gasteiger charge is -2.07. The van der Waals surface area contributed by atoms with E-state index in [1.165, 1.54) is 18.2 Å². The van der Waals surface area contributed by atoms with Gasteiger partial charge in [0.2, 0.25) is 0 Å². The lowest BCUT2D eigenvalue weighted by Crippen LogP contribution is -1.98. The van der Waals surface area contributed by atoms with Gasteiger partial charge in [-0.25, -0.2) is 9.37 Å². The minimum Gasteiger partial charge on any atom is -0.506 e. The molecular weight excluding hydrogens is 257 g/mol. The second-order valence-corrected chi connectivity index (χ2v) is 4.59. The zero-order valence-corrected chi connectivity index (χ0v) is 11.0. The number of halogens is 1. The molecule has 0 bridgehead atoms. The van der Waals surface area contributed by atoms with Crippen molar-refractivity contribution >= 4 is 16.7 Å². The van der Waals surface area contributed by atoms with Gasteiger partial charge in [0.15, 0.2) is 0 Å². The van der Waals surface area contributed by atoms with Crippen molar-refractivity contribution in [1.82, 2.24) is 9.55 Å². The molecule has 0 fully saturated rings. The van der Waals surface area contributed by atoms with Crippen LogP contribution in [0.25, 0.3) is 22.4 Å². The maximum atomic E-state index is 13.3. The monoisotopic (exact) mass is 271 g/mol. The number of imidazole rings is 1. The molecule has 0 atom stereocenters. The Morgan fingerprint density at radius 3 is 2.75 bits per heavy atom. The molecule has 0 spiro atoms. The first-order chi connectivity index (χ1) is 9.60. The van der Waals surface area contributed by atoms with Gasteiger partial charge in [-0.1, -0.05) is 0 Å². The van der Waals surface area contributed by atoms with Crippen LogP contribution in [0.5, 0.6) is 5.75 Å². The van der Waals surface area contributed by atoms with Gasteiger partial charge in [0.05, 0.1) is 16.7 Å². The SMILES string of the molecule is CCn1c(-c2ccc(O)c(N)c2)nc2cc(F)ccc21. The standard InChI is InChI=1S/C15H14FN3O/c1-2-19-13-5-4-10(16)8-12(13)18-15(19)9-3-6-14(20)11(17)7-9/h3-8,20H,2,17H2,1H3. The number of fused-ring (bicyclic) bond motifs is 1. The van der Waals surface area contributed by atoms with E-state index in [4.69, 9.17) is 5.73 Å². The first-order valence-electron chi connectivity index (χ1n) is 6.35. The van der Waals surface area contributed by atoms with Crippen LogP contribution in [0.4, 0.5) is 10.1 Å². The van der Waals surface area contributed by atoms with Gasteiger partial charge in [-0.15, -0.1) is 0 Å². The van der Waals surface area contributed by atoms with E-state index in [-0.39, 0.29) is 11.6 Å². The van der Waals surface area contributed by atoms with Crippen molar-refractivity contribution in [3.8, 4) is 17.1 Å². The van der Waals surface area contributed by atoms with Crippen molar-refractivity contribution in [2.24, 2.45) is 0 Å². The molecule has 1 heterocycles. The molecule has 3 N–H and O–H groups in total. The third-order valence-corrected chi connectivity index (χ3v) is 3.31. The zero-order chi connectivity index (χ0) is 14.3. The minimum atomic E-state index is -0.310. The molecule has 3 rings (SSSR count). The maximum Gasteiger partial charge on any atom is 0.141 e. The van der Waals surface area contributed by atoms with Crippen molar-refractivity contribution in [1.29, 1.82) is 0 Å². The molecule has 0 aliphatic heterocycles. The fourth-order valence-electron chi connectivity index (χ4n) is 2.34. The Labute approximate surface area is 115 Å². The van der Waals surface area contributed by atoms with Gasteiger partial charge in [0.25, 0.3) is 0 Å². The normalized spacial score (nSPS) is 11.1. The fraction of sp³-hybridized carbons (Fsp3) is 0.133. The summed E-state index contributed by atoms with van der Waals surface area (Å²) in [7, 11) is 0. The molecule has 0 aliphatic carbocycles. The third-order valence-electron chi connectivity index (χ3n) is 3.31. The second kappa shape index (κ2) is 4.52. The fourth-order valence-corrected chi connectivity index (χ4v) is 2.34. The molecule has 0 aliphatic rings. The first kappa shape index (κ1) is 12.5. The molecule has 1 aromatic heterocycles. The van der Waals surface area contributed by atoms with Crippen LogP contribution >= 0.6 is 0 Å². The Morgan fingerprint density at radius 1 is 1.25 bits per heavy atom. The number of nitrogens with two attached hydrogens (primary N) is 1. The number of phenolic OH excluding ortho intramolecular Hbond substituents is 1. The Kier molecular flexibility index (Phi) is 2.82. The second-order valence-electron chi connectivity index (χ2n) is 4.59. The van der Waals surface area contributed by atoms with Crippen molar-refractivity contribution in [2.75, 3.05) is 5.73 Å². The number of benzene rings is 2. The van der Waals surface area contributed by atoms with Gasteiger partial charge in [-0.2, -0.15) is 0 Å². The summed E-state index contributed by atoms with van der Waals surface area (Å²) >= 11 is 0. The van der Waals surface area contributed by atoms with Gasteiger partial charge in [0, 0.05) is 18.2 Å². The van der Waals surface area contributed by atoms with E-state index in [2.05, 4.69) is 4.98 Å². The van der Waals surface area contributed by atoms with Gasteiger partial charge in [0.1, 0.15) is 17.4 Å². The highest BCUT2D eigenvalue weighted by molar-refractivity contribution is 5.81. The maximum absolute atomic E-state index is 13.3. The van der Waals surface area contributed by atoms with Gasteiger partial charge >= 0.3 is 0 Å². The Hall–Kier alpha value is -2.56. The number of nitrogens with zero attached hydrogens (tertiary/aromatic N) is 2. The number of aromatic hydroxyl groups is 1. The van der Waals surface area contributed by atoms with Crippen LogP contribution < -0.4 is 5.73 Å². The summed E-state index contributed by atoms with van der Waals surface area (Å²) in [4.78, 5) is 4.47. The molecule has 5 heteroatoms. The molecule has 102 valence electrons. The minimum absolute atomic E-state index is 0.0407. The number of aromatic nitrogens is 2. The predicted octanol–water partition coefficient (Wildman–Crippen LogP) is 3.15. The summed E-state index contributed by atoms with van der Waals surface area (Å²) in [6.45, 7) is 2.70. The number of anilines is 1. The largest absolute Gasteiger partial charge is 0.506 e. The van der Waals surface area contributed by atoms with E-state index < -0.39 is 0 Å². The molecular formula is C15H14FN3O. The van der Waals surface area contributed by atoms with Crippen molar-refractivity contribution in [3.05, 3.63) is 42.2 Å². The number of hydrogen-bond donors (Lipinski definition) is 2. The topological polar surface area (TPSA) is 64.1 Å². The number of aryl methyl sites for hydroxylation is 1. The van der Waals surface area contributed by atoms with E-state index >= 15 is 0 Å². The number of hydrogen-bond acceptors (Lipinski definition) is 3. The Bertz CT molecular complexity index is 795. The van der Waals surface area contributed by atoms with Crippen LogP contribution in [0.3, 0.4) is 0 Å². The molecule has 0 saturated heterocycles. The average molecular weight is 271 g/mol. The third kappa shape index (κ3) is 1.87. The Balaban J connectivity index is 2.26. The predicted molar refractivity (Wildman–Crippen MR) is 76.9 cm³/mol. The zero-order valence-electron chi connectivity index (χ0n) is 11.0. The van der Waals surface area contributed by atoms with Crippen LogP contribution in [0, 0.1) is 5.82 Å². The molecule has 0 saturated carbocycles. The molecule has 20 heavy (non-hydrogen) atoms. The van der Waals surface area contributed by atoms with Crippen LogP contribution in [-0.2, 0) is 6.54 Å². The van der Waals surface area contributed by atoms with Crippen LogP contribution in [-0.4, -0.2) is 14.7 Å². The average Bonchev–Trinajstić information content (AvgIpc) is 2.79. The molecule has 3 aromatic rings. The summed E-state index contributed by atoms with van der Waals surface area (Å²) in [6.07, 6.45) is 0.